The molecule has 0 aromatic heterocycles. The lowest BCUT2D eigenvalue weighted by molar-refractivity contribution is 0.109. The molecular formula is C18H22N2O. The summed E-state index contributed by atoms with van der Waals surface area (Å²) in [5.74, 6) is 0.287. The Bertz CT molecular complexity index is 655. The molecule has 21 heavy (non-hydrogen) atoms. The largest absolute Gasteiger partial charge is 0.507 e. The van der Waals surface area contributed by atoms with E-state index in [1.165, 1.54) is 19.3 Å². The van der Waals surface area contributed by atoms with E-state index >= 15 is 0 Å². The monoisotopic (exact) mass is 282 g/mol. The SMILES string of the molecule is C[C@H]1CCC[C@H](C)N1/N=C/c1c(O)ccc2ccccc12. The van der Waals surface area contributed by atoms with E-state index in [1.807, 2.05) is 30.5 Å². The minimum Gasteiger partial charge on any atom is -0.507 e. The number of phenolic OH excluding ortho intramolecular Hbond substituents is 1. The average molecular weight is 282 g/mol. The maximum atomic E-state index is 10.2. The molecule has 110 valence electrons. The maximum absolute atomic E-state index is 10.2. The molecule has 0 amide bonds. The zero-order valence-corrected chi connectivity index (χ0v) is 12.7. The van der Waals surface area contributed by atoms with Gasteiger partial charge >= 0.3 is 0 Å². The molecule has 0 unspecified atom stereocenters. The molecule has 0 radical (unpaired) electrons. The Hall–Kier alpha value is -2.03. The van der Waals surface area contributed by atoms with Gasteiger partial charge in [0.1, 0.15) is 5.75 Å². The Morgan fingerprint density at radius 1 is 1.10 bits per heavy atom. The molecule has 3 nitrogen and oxygen atoms in total. The van der Waals surface area contributed by atoms with Crippen LogP contribution in [0, 0.1) is 0 Å². The molecular weight excluding hydrogens is 260 g/mol. The van der Waals surface area contributed by atoms with E-state index in [-0.39, 0.29) is 5.75 Å². The van der Waals surface area contributed by atoms with Crippen molar-refractivity contribution in [2.24, 2.45) is 5.10 Å². The Labute approximate surface area is 125 Å². The zero-order chi connectivity index (χ0) is 14.8. The molecule has 3 heteroatoms. The minimum absolute atomic E-state index is 0.287. The Morgan fingerprint density at radius 2 is 1.81 bits per heavy atom. The Morgan fingerprint density at radius 3 is 2.57 bits per heavy atom. The molecule has 3 rings (SSSR count). The van der Waals surface area contributed by atoms with Crippen LogP contribution in [0.2, 0.25) is 0 Å². The number of hydrogen-bond donors (Lipinski definition) is 1. The van der Waals surface area contributed by atoms with Crippen molar-refractivity contribution in [2.75, 3.05) is 0 Å². The second kappa shape index (κ2) is 5.76. The highest BCUT2D eigenvalue weighted by atomic mass is 16.3. The van der Waals surface area contributed by atoms with Crippen LogP contribution in [0.5, 0.6) is 5.75 Å². The zero-order valence-electron chi connectivity index (χ0n) is 12.7. The lowest BCUT2D eigenvalue weighted by Crippen LogP contribution is -2.39. The molecule has 0 spiro atoms. The van der Waals surface area contributed by atoms with Gasteiger partial charge in [0, 0.05) is 17.6 Å². The third-order valence-electron chi connectivity index (χ3n) is 4.41. The van der Waals surface area contributed by atoms with Gasteiger partial charge in [0.15, 0.2) is 0 Å². The van der Waals surface area contributed by atoms with Crippen molar-refractivity contribution in [3.63, 3.8) is 0 Å². The summed E-state index contributed by atoms with van der Waals surface area (Å²) in [7, 11) is 0. The van der Waals surface area contributed by atoms with E-state index in [1.54, 1.807) is 6.07 Å². The minimum atomic E-state index is 0.287. The van der Waals surface area contributed by atoms with Gasteiger partial charge in [-0.05, 0) is 49.9 Å². The van der Waals surface area contributed by atoms with Crippen molar-refractivity contribution in [1.29, 1.82) is 0 Å². The van der Waals surface area contributed by atoms with Crippen LogP contribution in [-0.2, 0) is 0 Å². The van der Waals surface area contributed by atoms with Gasteiger partial charge in [0.2, 0.25) is 0 Å². The fraction of sp³-hybridized carbons (Fsp3) is 0.389. The van der Waals surface area contributed by atoms with Gasteiger partial charge in [0.25, 0.3) is 0 Å². The molecule has 2 aromatic rings. The van der Waals surface area contributed by atoms with Gasteiger partial charge in [-0.2, -0.15) is 5.10 Å². The van der Waals surface area contributed by atoms with Crippen LogP contribution < -0.4 is 0 Å². The van der Waals surface area contributed by atoms with Crippen molar-refractivity contribution in [2.45, 2.75) is 45.2 Å². The molecule has 1 fully saturated rings. The number of piperidine rings is 1. The normalized spacial score (nSPS) is 23.0. The quantitative estimate of drug-likeness (QED) is 0.840. The van der Waals surface area contributed by atoms with Gasteiger partial charge in [0.05, 0.1) is 6.21 Å². The molecule has 1 N–H and O–H groups in total. The van der Waals surface area contributed by atoms with Crippen molar-refractivity contribution in [3.8, 4) is 5.75 Å². The smallest absolute Gasteiger partial charge is 0.125 e. The first kappa shape index (κ1) is 13.9. The molecule has 0 bridgehead atoms. The van der Waals surface area contributed by atoms with Crippen LogP contribution in [0.15, 0.2) is 41.5 Å². The average Bonchev–Trinajstić information content (AvgIpc) is 2.48. The van der Waals surface area contributed by atoms with Gasteiger partial charge in [-0.25, -0.2) is 0 Å². The molecule has 1 saturated heterocycles. The summed E-state index contributed by atoms with van der Waals surface area (Å²) in [5.41, 5.74) is 0.804. The summed E-state index contributed by atoms with van der Waals surface area (Å²) < 4.78 is 0. The number of rotatable bonds is 2. The maximum Gasteiger partial charge on any atom is 0.125 e. The molecule has 0 aliphatic carbocycles. The molecule has 2 atom stereocenters. The van der Waals surface area contributed by atoms with Crippen LogP contribution in [0.4, 0.5) is 0 Å². The van der Waals surface area contributed by atoms with Crippen LogP contribution in [-0.4, -0.2) is 28.4 Å². The van der Waals surface area contributed by atoms with Gasteiger partial charge in [-0.3, -0.25) is 5.01 Å². The first-order chi connectivity index (χ1) is 10.2. The van der Waals surface area contributed by atoms with Crippen molar-refractivity contribution in [3.05, 3.63) is 42.0 Å². The third-order valence-corrected chi connectivity index (χ3v) is 4.41. The lowest BCUT2D eigenvalue weighted by Gasteiger charge is -2.36. The molecule has 2 aromatic carbocycles. The standard InChI is InChI=1S/C18H22N2O/c1-13-6-5-7-14(2)20(13)19-12-17-16-9-4-3-8-15(16)10-11-18(17)21/h3-4,8-14,21H,5-7H2,1-2H3/b19-12+/t13-,14-/m0/s1. The first-order valence-corrected chi connectivity index (χ1v) is 7.70. The van der Waals surface area contributed by atoms with E-state index < -0.39 is 0 Å². The van der Waals surface area contributed by atoms with Crippen LogP contribution in [0.3, 0.4) is 0 Å². The van der Waals surface area contributed by atoms with E-state index in [0.29, 0.717) is 12.1 Å². The van der Waals surface area contributed by atoms with E-state index in [4.69, 9.17) is 0 Å². The van der Waals surface area contributed by atoms with Crippen molar-refractivity contribution < 1.29 is 5.11 Å². The summed E-state index contributed by atoms with van der Waals surface area (Å²) >= 11 is 0. The fourth-order valence-electron chi connectivity index (χ4n) is 3.18. The summed E-state index contributed by atoms with van der Waals surface area (Å²) in [4.78, 5) is 0. The summed E-state index contributed by atoms with van der Waals surface area (Å²) in [6.45, 7) is 4.44. The predicted molar refractivity (Wildman–Crippen MR) is 87.8 cm³/mol. The molecule has 1 heterocycles. The Kier molecular flexibility index (Phi) is 3.82. The van der Waals surface area contributed by atoms with Gasteiger partial charge in [-0.1, -0.05) is 30.3 Å². The number of aromatic hydroxyl groups is 1. The molecule has 1 aliphatic heterocycles. The number of hydrazone groups is 1. The summed E-state index contributed by atoms with van der Waals surface area (Å²) in [6, 6.07) is 12.7. The number of nitrogens with zero attached hydrogens (tertiary/aromatic N) is 2. The summed E-state index contributed by atoms with van der Waals surface area (Å²) in [6.07, 6.45) is 5.45. The lowest BCUT2D eigenvalue weighted by atomic mass is 10.00. The highest BCUT2D eigenvalue weighted by Crippen LogP contribution is 2.27. The van der Waals surface area contributed by atoms with E-state index in [0.717, 1.165) is 16.3 Å². The molecule has 1 aliphatic rings. The highest BCUT2D eigenvalue weighted by Gasteiger charge is 2.22. The highest BCUT2D eigenvalue weighted by molar-refractivity contribution is 6.02. The number of hydrogen-bond acceptors (Lipinski definition) is 3. The van der Waals surface area contributed by atoms with E-state index in [2.05, 4.69) is 30.0 Å². The van der Waals surface area contributed by atoms with Gasteiger partial charge < -0.3 is 5.11 Å². The second-order valence-corrected chi connectivity index (χ2v) is 5.97. The van der Waals surface area contributed by atoms with Crippen LogP contribution in [0.1, 0.15) is 38.7 Å². The fourth-order valence-corrected chi connectivity index (χ4v) is 3.18. The van der Waals surface area contributed by atoms with Gasteiger partial charge in [-0.15, -0.1) is 0 Å². The number of benzene rings is 2. The van der Waals surface area contributed by atoms with E-state index in [9.17, 15) is 5.11 Å². The third kappa shape index (κ3) is 2.73. The number of fused-ring (bicyclic) bond motifs is 1. The molecule has 0 saturated carbocycles. The van der Waals surface area contributed by atoms with Crippen LogP contribution >= 0.6 is 0 Å². The van der Waals surface area contributed by atoms with Crippen molar-refractivity contribution in [1.82, 2.24) is 5.01 Å². The van der Waals surface area contributed by atoms with Crippen molar-refractivity contribution >= 4 is 17.0 Å². The Balaban J connectivity index is 1.97. The topological polar surface area (TPSA) is 35.8 Å². The number of phenols is 1. The predicted octanol–water partition coefficient (Wildman–Crippen LogP) is 4.14. The summed E-state index contributed by atoms with van der Waals surface area (Å²) in [5, 5.41) is 19.2. The van der Waals surface area contributed by atoms with Crippen LogP contribution in [0.25, 0.3) is 10.8 Å². The second-order valence-electron chi connectivity index (χ2n) is 5.97. The first-order valence-electron chi connectivity index (χ1n) is 7.70.